The van der Waals surface area contributed by atoms with E-state index in [0.29, 0.717) is 19.8 Å². The van der Waals surface area contributed by atoms with Crippen molar-refractivity contribution in [3.05, 3.63) is 35.9 Å². The molecule has 0 fully saturated rings. The maximum Gasteiger partial charge on any atom is 0.242 e. The van der Waals surface area contributed by atoms with Crippen molar-refractivity contribution in [1.29, 1.82) is 0 Å². The third-order valence-electron chi connectivity index (χ3n) is 2.07. The van der Waals surface area contributed by atoms with Crippen LogP contribution < -0.4 is 5.32 Å². The molecule has 0 bridgehead atoms. The van der Waals surface area contributed by atoms with Crippen LogP contribution in [0.3, 0.4) is 0 Å². The van der Waals surface area contributed by atoms with E-state index in [4.69, 9.17) is 16.3 Å². The number of carbonyl (C=O) groups is 1. The maximum atomic E-state index is 11.6. The summed E-state index contributed by atoms with van der Waals surface area (Å²) in [7, 11) is 0. The fraction of sp³-hybridized carbons (Fsp3) is 0.417. The van der Waals surface area contributed by atoms with E-state index in [2.05, 4.69) is 5.32 Å². The number of ether oxygens (including phenoxy) is 1. The molecule has 3 nitrogen and oxygen atoms in total. The molecule has 1 aromatic rings. The van der Waals surface area contributed by atoms with Gasteiger partial charge >= 0.3 is 0 Å². The fourth-order valence-electron chi connectivity index (χ4n) is 1.25. The molecular formula is C12H16ClNO2. The first kappa shape index (κ1) is 13.0. The lowest BCUT2D eigenvalue weighted by molar-refractivity contribution is -0.121. The first-order chi connectivity index (χ1) is 7.75. The van der Waals surface area contributed by atoms with Crippen LogP contribution in [0, 0.1) is 0 Å². The molecule has 1 unspecified atom stereocenters. The van der Waals surface area contributed by atoms with Crippen molar-refractivity contribution in [2.24, 2.45) is 0 Å². The molecule has 0 heterocycles. The summed E-state index contributed by atoms with van der Waals surface area (Å²) in [5, 5.41) is 2.08. The van der Waals surface area contributed by atoms with Gasteiger partial charge in [0.05, 0.1) is 6.61 Å². The molecule has 16 heavy (non-hydrogen) atoms. The van der Waals surface area contributed by atoms with Gasteiger partial charge in [-0.15, -0.1) is 11.6 Å². The number of rotatable bonds is 6. The van der Waals surface area contributed by atoms with Gasteiger partial charge < -0.3 is 10.1 Å². The minimum atomic E-state index is -0.636. The van der Waals surface area contributed by atoms with Crippen LogP contribution in [0.4, 0.5) is 0 Å². The first-order valence-corrected chi connectivity index (χ1v) is 5.73. The monoisotopic (exact) mass is 241 g/mol. The summed E-state index contributed by atoms with van der Waals surface area (Å²) in [4.78, 5) is 11.6. The zero-order chi connectivity index (χ0) is 11.8. The standard InChI is InChI=1S/C12H16ClNO2/c1-2-16-9-8-14-12(15)11(13)10-6-4-3-5-7-10/h3-7,11H,2,8-9H2,1H3,(H,14,15). The predicted molar refractivity (Wildman–Crippen MR) is 64.5 cm³/mol. The summed E-state index contributed by atoms with van der Waals surface area (Å²) in [5.74, 6) is -0.187. The molecule has 0 saturated heterocycles. The van der Waals surface area contributed by atoms with E-state index in [1.54, 1.807) is 0 Å². The zero-order valence-corrected chi connectivity index (χ0v) is 10.0. The van der Waals surface area contributed by atoms with Crippen molar-refractivity contribution >= 4 is 17.5 Å². The molecule has 0 aliphatic carbocycles. The predicted octanol–water partition coefficient (Wildman–Crippen LogP) is 2.12. The lowest BCUT2D eigenvalue weighted by Crippen LogP contribution is -2.30. The molecule has 0 aliphatic rings. The Morgan fingerprint density at radius 2 is 2.12 bits per heavy atom. The first-order valence-electron chi connectivity index (χ1n) is 5.30. The van der Waals surface area contributed by atoms with E-state index in [-0.39, 0.29) is 5.91 Å². The average Bonchev–Trinajstić information content (AvgIpc) is 2.34. The number of hydrogen-bond acceptors (Lipinski definition) is 2. The van der Waals surface area contributed by atoms with Gasteiger partial charge in [0.1, 0.15) is 5.38 Å². The molecule has 0 aromatic heterocycles. The molecule has 0 saturated carbocycles. The molecule has 0 aliphatic heterocycles. The summed E-state index contributed by atoms with van der Waals surface area (Å²) in [6.45, 7) is 3.57. The number of halogens is 1. The molecule has 0 spiro atoms. The van der Waals surface area contributed by atoms with E-state index >= 15 is 0 Å². The fourth-order valence-corrected chi connectivity index (χ4v) is 1.48. The summed E-state index contributed by atoms with van der Waals surface area (Å²) in [6, 6.07) is 9.27. The van der Waals surface area contributed by atoms with E-state index in [9.17, 15) is 4.79 Å². The Labute approximate surface area is 101 Å². The van der Waals surface area contributed by atoms with Crippen LogP contribution in [-0.4, -0.2) is 25.7 Å². The van der Waals surface area contributed by atoms with Crippen molar-refractivity contribution in [2.75, 3.05) is 19.8 Å². The van der Waals surface area contributed by atoms with Gasteiger partial charge in [0.15, 0.2) is 0 Å². The summed E-state index contributed by atoms with van der Waals surface area (Å²) in [5.41, 5.74) is 0.804. The lowest BCUT2D eigenvalue weighted by atomic mass is 10.1. The largest absolute Gasteiger partial charge is 0.380 e. The topological polar surface area (TPSA) is 38.3 Å². The van der Waals surface area contributed by atoms with Crippen LogP contribution >= 0.6 is 11.6 Å². The molecule has 1 aromatic carbocycles. The summed E-state index contributed by atoms with van der Waals surface area (Å²) in [6.07, 6.45) is 0. The Hall–Kier alpha value is -1.06. The van der Waals surface area contributed by atoms with E-state index in [1.807, 2.05) is 37.3 Å². The van der Waals surface area contributed by atoms with Crippen molar-refractivity contribution in [3.8, 4) is 0 Å². The Kier molecular flexibility index (Phi) is 5.90. The second-order valence-corrected chi connectivity index (χ2v) is 3.70. The van der Waals surface area contributed by atoms with Crippen LogP contribution in [0.15, 0.2) is 30.3 Å². The SMILES string of the molecule is CCOCCNC(=O)C(Cl)c1ccccc1. The van der Waals surface area contributed by atoms with Gasteiger partial charge in [0, 0.05) is 13.2 Å². The van der Waals surface area contributed by atoms with Gasteiger partial charge in [-0.2, -0.15) is 0 Å². The number of hydrogen-bond donors (Lipinski definition) is 1. The van der Waals surface area contributed by atoms with Gasteiger partial charge in [-0.3, -0.25) is 4.79 Å². The Morgan fingerprint density at radius 3 is 2.75 bits per heavy atom. The Balaban J connectivity index is 2.37. The quantitative estimate of drug-likeness (QED) is 0.612. The molecular weight excluding hydrogens is 226 g/mol. The van der Waals surface area contributed by atoms with Gasteiger partial charge in [-0.05, 0) is 12.5 Å². The number of alkyl halides is 1. The smallest absolute Gasteiger partial charge is 0.242 e. The van der Waals surface area contributed by atoms with Gasteiger partial charge in [0.2, 0.25) is 5.91 Å². The Morgan fingerprint density at radius 1 is 1.44 bits per heavy atom. The highest BCUT2D eigenvalue weighted by Gasteiger charge is 2.16. The molecule has 0 radical (unpaired) electrons. The molecule has 1 rings (SSSR count). The molecule has 88 valence electrons. The molecule has 1 amide bonds. The van der Waals surface area contributed by atoms with Gasteiger partial charge in [-0.1, -0.05) is 30.3 Å². The van der Waals surface area contributed by atoms with Gasteiger partial charge in [-0.25, -0.2) is 0 Å². The molecule has 1 atom stereocenters. The third-order valence-corrected chi connectivity index (χ3v) is 2.52. The van der Waals surface area contributed by atoms with Crippen LogP contribution in [0.25, 0.3) is 0 Å². The van der Waals surface area contributed by atoms with E-state index < -0.39 is 5.38 Å². The Bertz CT molecular complexity index is 316. The number of benzene rings is 1. The third kappa shape index (κ3) is 4.21. The number of amides is 1. The average molecular weight is 242 g/mol. The van der Waals surface area contributed by atoms with Crippen molar-refractivity contribution in [1.82, 2.24) is 5.32 Å². The number of nitrogens with one attached hydrogen (secondary N) is 1. The summed E-state index contributed by atoms with van der Waals surface area (Å²) < 4.78 is 5.11. The van der Waals surface area contributed by atoms with Crippen molar-refractivity contribution in [3.63, 3.8) is 0 Å². The van der Waals surface area contributed by atoms with E-state index in [0.717, 1.165) is 5.56 Å². The van der Waals surface area contributed by atoms with Gasteiger partial charge in [0.25, 0.3) is 0 Å². The van der Waals surface area contributed by atoms with Crippen LogP contribution in [-0.2, 0) is 9.53 Å². The van der Waals surface area contributed by atoms with Crippen LogP contribution in [0.5, 0.6) is 0 Å². The second kappa shape index (κ2) is 7.25. The lowest BCUT2D eigenvalue weighted by Gasteiger charge is -2.10. The molecule has 4 heteroatoms. The summed E-state index contributed by atoms with van der Waals surface area (Å²) >= 11 is 6.02. The highest BCUT2D eigenvalue weighted by atomic mass is 35.5. The highest BCUT2D eigenvalue weighted by Crippen LogP contribution is 2.19. The van der Waals surface area contributed by atoms with Crippen molar-refractivity contribution in [2.45, 2.75) is 12.3 Å². The highest BCUT2D eigenvalue weighted by molar-refractivity contribution is 6.30. The second-order valence-electron chi connectivity index (χ2n) is 3.26. The normalized spacial score (nSPS) is 12.1. The van der Waals surface area contributed by atoms with Crippen LogP contribution in [0.2, 0.25) is 0 Å². The minimum Gasteiger partial charge on any atom is -0.380 e. The molecule has 1 N–H and O–H groups in total. The zero-order valence-electron chi connectivity index (χ0n) is 9.28. The number of carbonyl (C=O) groups excluding carboxylic acids is 1. The van der Waals surface area contributed by atoms with Crippen molar-refractivity contribution < 1.29 is 9.53 Å². The van der Waals surface area contributed by atoms with E-state index in [1.165, 1.54) is 0 Å². The minimum absolute atomic E-state index is 0.187. The van der Waals surface area contributed by atoms with Crippen LogP contribution in [0.1, 0.15) is 17.9 Å². The maximum absolute atomic E-state index is 11.6.